The summed E-state index contributed by atoms with van der Waals surface area (Å²) < 4.78 is 43.4. The maximum Gasteiger partial charge on any atom is 0.573 e. The lowest BCUT2D eigenvalue weighted by Crippen LogP contribution is -2.37. The fraction of sp³-hybridized carbons (Fsp3) is 0.381. The van der Waals surface area contributed by atoms with E-state index in [0.29, 0.717) is 18.1 Å². The Labute approximate surface area is 187 Å². The minimum absolute atomic E-state index is 0.110. The van der Waals surface area contributed by atoms with Crippen LogP contribution in [-0.2, 0) is 11.2 Å². The third kappa shape index (κ3) is 7.06. The average molecular weight is 473 g/mol. The molecule has 0 spiro atoms. The van der Waals surface area contributed by atoms with Crippen LogP contribution in [0.3, 0.4) is 0 Å². The fourth-order valence-corrected chi connectivity index (χ4v) is 4.85. The highest BCUT2D eigenvalue weighted by atomic mass is 32.2. The number of rotatable bonds is 9. The number of hydrogen-bond donors (Lipinski definition) is 3. The summed E-state index contributed by atoms with van der Waals surface area (Å²) in [4.78, 5) is 13.3. The monoisotopic (exact) mass is 472 g/mol. The number of thioether (sulfide) groups is 1. The molecule has 3 unspecified atom stereocenters. The van der Waals surface area contributed by atoms with Crippen LogP contribution in [0.2, 0.25) is 0 Å². The predicted molar refractivity (Wildman–Crippen MR) is 116 cm³/mol. The van der Waals surface area contributed by atoms with Crippen molar-refractivity contribution in [2.75, 3.05) is 11.6 Å². The number of nitrogens with one attached hydrogen (secondary N) is 2. The van der Waals surface area contributed by atoms with Gasteiger partial charge in [0, 0.05) is 23.0 Å². The number of carbonyl (C=O) groups excluding carboxylic acids is 1. The third-order valence-corrected chi connectivity index (χ3v) is 6.79. The third-order valence-electron chi connectivity index (χ3n) is 4.73. The summed E-state index contributed by atoms with van der Waals surface area (Å²) in [6.45, 7) is 1.84. The Hall–Kier alpha value is -1.88. The maximum atomic E-state index is 12.5. The first-order valence-electron chi connectivity index (χ1n) is 9.62. The molecule has 0 radical (unpaired) electrons. The molecule has 0 bridgehead atoms. The number of ether oxygens (including phenoxy) is 1. The molecule has 3 rings (SSSR count). The zero-order chi connectivity index (χ0) is 22.4. The summed E-state index contributed by atoms with van der Waals surface area (Å²) in [5.74, 6) is 0.526. The summed E-state index contributed by atoms with van der Waals surface area (Å²) in [6.07, 6.45) is -4.78. The van der Waals surface area contributed by atoms with Crippen LogP contribution in [0.15, 0.2) is 53.4 Å². The van der Waals surface area contributed by atoms with Crippen LogP contribution in [0.1, 0.15) is 24.1 Å². The number of halogens is 3. The molecule has 5 nitrogen and oxygen atoms in total. The molecule has 1 aliphatic rings. The van der Waals surface area contributed by atoms with Crippen molar-refractivity contribution in [1.29, 1.82) is 0 Å². The van der Waals surface area contributed by atoms with Gasteiger partial charge in [-0.1, -0.05) is 31.2 Å². The molecule has 1 aliphatic carbocycles. The van der Waals surface area contributed by atoms with E-state index in [1.54, 1.807) is 0 Å². The van der Waals surface area contributed by atoms with Gasteiger partial charge in [0.1, 0.15) is 5.75 Å². The highest BCUT2D eigenvalue weighted by Crippen LogP contribution is 2.31. The van der Waals surface area contributed by atoms with Crippen molar-refractivity contribution in [1.82, 2.24) is 10.0 Å². The Morgan fingerprint density at radius 1 is 1.23 bits per heavy atom. The van der Waals surface area contributed by atoms with Gasteiger partial charge in [-0.2, -0.15) is 0 Å². The Kier molecular flexibility index (Phi) is 8.15. The molecular weight excluding hydrogens is 449 g/mol. The van der Waals surface area contributed by atoms with E-state index in [9.17, 15) is 23.1 Å². The average Bonchev–Trinajstić information content (AvgIpc) is 3.03. The van der Waals surface area contributed by atoms with Gasteiger partial charge in [0.15, 0.2) is 0 Å². The zero-order valence-electron chi connectivity index (χ0n) is 16.7. The molecule has 10 heteroatoms. The van der Waals surface area contributed by atoms with Crippen LogP contribution in [0.4, 0.5) is 13.2 Å². The minimum atomic E-state index is -4.70. The number of carbonyl (C=O) groups is 1. The minimum Gasteiger partial charge on any atom is -0.406 e. The Morgan fingerprint density at radius 2 is 1.94 bits per heavy atom. The van der Waals surface area contributed by atoms with Crippen LogP contribution in [0.25, 0.3) is 0 Å². The molecule has 31 heavy (non-hydrogen) atoms. The van der Waals surface area contributed by atoms with E-state index in [-0.39, 0.29) is 23.6 Å². The van der Waals surface area contributed by atoms with Crippen molar-refractivity contribution in [3.8, 4) is 5.75 Å². The van der Waals surface area contributed by atoms with Crippen molar-refractivity contribution in [2.45, 2.75) is 36.7 Å². The molecule has 3 N–H and O–H groups in total. The Morgan fingerprint density at radius 3 is 2.65 bits per heavy atom. The second-order valence-electron chi connectivity index (χ2n) is 7.14. The molecule has 0 saturated heterocycles. The molecule has 2 aromatic carbocycles. The standard InChI is InChI=1S/C21H23F3N2O3S2/c1-13(20(28)26-19-17-5-3-2-4-14(17)10-18(19)27)11-30-12-25-31-16-8-6-15(7-9-16)29-21(22,23)24/h2-9,13,18-19,25,27H,10-12H2,1H3,(H,26,28). The lowest BCUT2D eigenvalue weighted by molar-refractivity contribution is -0.274. The van der Waals surface area contributed by atoms with Crippen molar-refractivity contribution < 1.29 is 27.8 Å². The largest absolute Gasteiger partial charge is 0.573 e. The van der Waals surface area contributed by atoms with Crippen LogP contribution in [0, 0.1) is 5.92 Å². The number of hydrogen-bond acceptors (Lipinski definition) is 6. The summed E-state index contributed by atoms with van der Waals surface area (Å²) in [5, 5.41) is 13.2. The first kappa shape index (κ1) is 23.8. The smallest absolute Gasteiger partial charge is 0.406 e. The maximum absolute atomic E-state index is 12.5. The van der Waals surface area contributed by atoms with E-state index in [1.165, 1.54) is 48.0 Å². The summed E-state index contributed by atoms with van der Waals surface area (Å²) in [5.41, 5.74) is 2.02. The van der Waals surface area contributed by atoms with Gasteiger partial charge in [-0.25, -0.2) is 4.72 Å². The lowest BCUT2D eigenvalue weighted by atomic mass is 10.1. The highest BCUT2D eigenvalue weighted by Gasteiger charge is 2.33. The molecule has 0 aromatic heterocycles. The molecule has 1 amide bonds. The molecule has 2 aromatic rings. The van der Waals surface area contributed by atoms with E-state index in [4.69, 9.17) is 0 Å². The second-order valence-corrected chi connectivity index (χ2v) is 9.13. The molecule has 0 heterocycles. The first-order chi connectivity index (χ1) is 14.7. The zero-order valence-corrected chi connectivity index (χ0v) is 18.3. The predicted octanol–water partition coefficient (Wildman–Crippen LogP) is 4.28. The molecule has 0 aliphatic heterocycles. The van der Waals surface area contributed by atoms with Gasteiger partial charge in [-0.15, -0.1) is 24.9 Å². The van der Waals surface area contributed by atoms with Gasteiger partial charge >= 0.3 is 6.36 Å². The number of fused-ring (bicyclic) bond motifs is 1. The van der Waals surface area contributed by atoms with Gasteiger partial charge in [0.2, 0.25) is 5.91 Å². The molecule has 168 valence electrons. The molecule has 3 atom stereocenters. The van der Waals surface area contributed by atoms with Crippen molar-refractivity contribution in [3.05, 3.63) is 59.7 Å². The van der Waals surface area contributed by atoms with Crippen LogP contribution < -0.4 is 14.8 Å². The Balaban J connectivity index is 1.36. The van der Waals surface area contributed by atoms with E-state index >= 15 is 0 Å². The number of amides is 1. The summed E-state index contributed by atoms with van der Waals surface area (Å²) >= 11 is 2.82. The van der Waals surface area contributed by atoms with Crippen LogP contribution >= 0.6 is 23.7 Å². The molecule has 0 saturated carbocycles. The van der Waals surface area contributed by atoms with Gasteiger partial charge in [0.25, 0.3) is 0 Å². The summed E-state index contributed by atoms with van der Waals surface area (Å²) in [6, 6.07) is 12.9. The van der Waals surface area contributed by atoms with Crippen LogP contribution in [-0.4, -0.2) is 35.1 Å². The van der Waals surface area contributed by atoms with Gasteiger partial charge in [-0.05, 0) is 47.3 Å². The second kappa shape index (κ2) is 10.6. The van der Waals surface area contributed by atoms with E-state index in [0.717, 1.165) is 16.0 Å². The van der Waals surface area contributed by atoms with Crippen molar-refractivity contribution in [3.63, 3.8) is 0 Å². The number of aliphatic hydroxyl groups excluding tert-OH is 1. The van der Waals surface area contributed by atoms with Crippen molar-refractivity contribution >= 4 is 29.6 Å². The quantitative estimate of drug-likeness (QED) is 0.288. The first-order valence-corrected chi connectivity index (χ1v) is 11.6. The summed E-state index contributed by atoms with van der Waals surface area (Å²) in [7, 11) is 0. The highest BCUT2D eigenvalue weighted by molar-refractivity contribution is 8.01. The van der Waals surface area contributed by atoms with E-state index < -0.39 is 12.5 Å². The SMILES string of the molecule is CC(CSCNSc1ccc(OC(F)(F)F)cc1)C(=O)NC1c2ccccc2CC1O. The van der Waals surface area contributed by atoms with Gasteiger partial charge in [-0.3, -0.25) is 4.79 Å². The van der Waals surface area contributed by atoms with Crippen LogP contribution in [0.5, 0.6) is 5.75 Å². The number of benzene rings is 2. The topological polar surface area (TPSA) is 70.6 Å². The lowest BCUT2D eigenvalue weighted by Gasteiger charge is -2.20. The van der Waals surface area contributed by atoms with E-state index in [1.807, 2.05) is 31.2 Å². The normalized spacial score (nSPS) is 19.0. The van der Waals surface area contributed by atoms with Crippen molar-refractivity contribution in [2.24, 2.45) is 5.92 Å². The number of alkyl halides is 3. The molecule has 0 fully saturated rings. The van der Waals surface area contributed by atoms with E-state index in [2.05, 4.69) is 14.8 Å². The van der Waals surface area contributed by atoms with Gasteiger partial charge in [0.05, 0.1) is 18.0 Å². The number of aliphatic hydroxyl groups is 1. The van der Waals surface area contributed by atoms with Gasteiger partial charge < -0.3 is 15.2 Å². The molecular formula is C21H23F3N2O3S2. The Bertz CT molecular complexity index is 881. The fourth-order valence-electron chi connectivity index (χ4n) is 3.22.